The van der Waals surface area contributed by atoms with Crippen molar-refractivity contribution in [3.8, 4) is 0 Å². The molecule has 2 saturated carbocycles. The van der Waals surface area contributed by atoms with E-state index in [4.69, 9.17) is 0 Å². The smallest absolute Gasteiger partial charge is 0.233 e. The molecule has 0 spiro atoms. The van der Waals surface area contributed by atoms with Gasteiger partial charge in [-0.2, -0.15) is 0 Å². The summed E-state index contributed by atoms with van der Waals surface area (Å²) in [5.74, 6) is 0.495. The Balaban J connectivity index is 1.69. The Labute approximate surface area is 107 Å². The Kier molecular flexibility index (Phi) is 2.56. The Hall–Kier alpha value is -0.900. The van der Waals surface area contributed by atoms with Crippen LogP contribution >= 0.6 is 0 Å². The van der Waals surface area contributed by atoms with Crippen molar-refractivity contribution in [2.45, 2.75) is 33.1 Å². The van der Waals surface area contributed by atoms with Crippen molar-refractivity contribution < 1.29 is 14.7 Å². The van der Waals surface area contributed by atoms with Gasteiger partial charge in [-0.05, 0) is 30.1 Å². The van der Waals surface area contributed by atoms with Gasteiger partial charge in [0.05, 0.1) is 11.8 Å². The molecule has 4 unspecified atom stereocenters. The molecule has 1 aliphatic heterocycles. The van der Waals surface area contributed by atoms with Gasteiger partial charge < -0.3 is 5.11 Å². The fourth-order valence-electron chi connectivity index (χ4n) is 4.01. The third-order valence-electron chi connectivity index (χ3n) is 5.36. The van der Waals surface area contributed by atoms with Gasteiger partial charge in [-0.3, -0.25) is 14.5 Å². The lowest BCUT2D eigenvalue weighted by Crippen LogP contribution is -2.40. The van der Waals surface area contributed by atoms with Crippen molar-refractivity contribution in [1.29, 1.82) is 0 Å². The summed E-state index contributed by atoms with van der Waals surface area (Å²) in [5.41, 5.74) is -0.114. The van der Waals surface area contributed by atoms with E-state index in [1.165, 1.54) is 4.90 Å². The second kappa shape index (κ2) is 3.80. The normalized spacial score (nSPS) is 41.4. The van der Waals surface area contributed by atoms with E-state index in [1.807, 2.05) is 13.8 Å². The number of imide groups is 1. The molecule has 18 heavy (non-hydrogen) atoms. The van der Waals surface area contributed by atoms with Crippen LogP contribution in [0.25, 0.3) is 0 Å². The number of hydrogen-bond acceptors (Lipinski definition) is 3. The molecule has 0 aromatic heterocycles. The summed E-state index contributed by atoms with van der Waals surface area (Å²) in [5, 5.41) is 9.30. The molecule has 1 saturated heterocycles. The van der Waals surface area contributed by atoms with Gasteiger partial charge in [0.25, 0.3) is 0 Å². The average Bonchev–Trinajstić information content (AvgIpc) is 2.65. The van der Waals surface area contributed by atoms with Crippen molar-refractivity contribution in [3.05, 3.63) is 0 Å². The van der Waals surface area contributed by atoms with Crippen LogP contribution in [0.5, 0.6) is 0 Å². The molecule has 4 heteroatoms. The molecule has 2 amide bonds. The first-order chi connectivity index (χ1) is 8.48. The van der Waals surface area contributed by atoms with Gasteiger partial charge in [-0.1, -0.05) is 20.3 Å². The lowest BCUT2D eigenvalue weighted by Gasteiger charge is -2.26. The largest absolute Gasteiger partial charge is 0.396 e. The number of aliphatic hydroxyl groups is 1. The number of nitrogens with zero attached hydrogens (tertiary/aromatic N) is 1. The summed E-state index contributed by atoms with van der Waals surface area (Å²) < 4.78 is 0. The lowest BCUT2D eigenvalue weighted by molar-refractivity contribution is -0.144. The molecular formula is C14H21NO3. The zero-order valence-corrected chi connectivity index (χ0v) is 11.1. The summed E-state index contributed by atoms with van der Waals surface area (Å²) in [6.07, 6.45) is 3.15. The molecule has 0 bridgehead atoms. The highest BCUT2D eigenvalue weighted by atomic mass is 16.3. The minimum absolute atomic E-state index is 0.0265. The van der Waals surface area contributed by atoms with Gasteiger partial charge in [0.15, 0.2) is 0 Å². The molecule has 0 aromatic rings. The van der Waals surface area contributed by atoms with Crippen molar-refractivity contribution in [3.63, 3.8) is 0 Å². The average molecular weight is 251 g/mol. The fraction of sp³-hybridized carbons (Fsp3) is 0.857. The zero-order chi connectivity index (χ0) is 13.1. The van der Waals surface area contributed by atoms with Crippen LogP contribution in [0.15, 0.2) is 0 Å². The number of piperidine rings is 1. The molecule has 100 valence electrons. The third-order valence-corrected chi connectivity index (χ3v) is 5.36. The summed E-state index contributed by atoms with van der Waals surface area (Å²) >= 11 is 0. The molecule has 0 aromatic carbocycles. The Morgan fingerprint density at radius 1 is 1.17 bits per heavy atom. The quantitative estimate of drug-likeness (QED) is 0.762. The first kappa shape index (κ1) is 12.2. The molecule has 4 atom stereocenters. The van der Waals surface area contributed by atoms with Crippen molar-refractivity contribution >= 4 is 11.8 Å². The minimum Gasteiger partial charge on any atom is -0.396 e. The van der Waals surface area contributed by atoms with E-state index in [0.717, 1.165) is 19.3 Å². The van der Waals surface area contributed by atoms with Crippen LogP contribution in [0, 0.1) is 29.1 Å². The Bertz CT molecular complexity index is 380. The van der Waals surface area contributed by atoms with Gasteiger partial charge in [0.1, 0.15) is 0 Å². The number of carbonyl (C=O) groups excluding carboxylic acids is 2. The van der Waals surface area contributed by atoms with E-state index in [1.54, 1.807) is 0 Å². The number of fused-ring (bicyclic) bond motifs is 1. The second-order valence-electron chi connectivity index (χ2n) is 6.70. The maximum atomic E-state index is 12.2. The number of carbonyl (C=O) groups is 2. The molecule has 3 rings (SSSR count). The van der Waals surface area contributed by atoms with Crippen LogP contribution in [0.1, 0.15) is 33.1 Å². The zero-order valence-electron chi connectivity index (χ0n) is 11.1. The highest BCUT2D eigenvalue weighted by Crippen LogP contribution is 2.63. The molecule has 0 radical (unpaired) electrons. The van der Waals surface area contributed by atoms with Gasteiger partial charge >= 0.3 is 0 Å². The Morgan fingerprint density at radius 2 is 1.72 bits per heavy atom. The summed E-state index contributed by atoms with van der Waals surface area (Å²) in [6, 6.07) is 0. The van der Waals surface area contributed by atoms with Gasteiger partial charge in [-0.25, -0.2) is 0 Å². The van der Waals surface area contributed by atoms with Crippen LogP contribution in [0.3, 0.4) is 0 Å². The highest BCUT2D eigenvalue weighted by molar-refractivity contribution is 6.10. The monoisotopic (exact) mass is 251 g/mol. The molecule has 3 aliphatic rings. The SMILES string of the molecule is CC1(C)C2C(=O)N(CC3CCCC3CO)C(=O)C21. The summed E-state index contributed by atoms with van der Waals surface area (Å²) in [6.45, 7) is 4.72. The lowest BCUT2D eigenvalue weighted by atomic mass is 9.95. The number of hydrogen-bond donors (Lipinski definition) is 1. The van der Waals surface area contributed by atoms with Gasteiger partial charge in [0, 0.05) is 13.2 Å². The number of rotatable bonds is 3. The minimum atomic E-state index is -0.114. The van der Waals surface area contributed by atoms with Crippen LogP contribution < -0.4 is 0 Å². The van der Waals surface area contributed by atoms with Crippen LogP contribution in [-0.4, -0.2) is 35.0 Å². The van der Waals surface area contributed by atoms with E-state index in [2.05, 4.69) is 0 Å². The maximum Gasteiger partial charge on any atom is 0.233 e. The maximum absolute atomic E-state index is 12.2. The van der Waals surface area contributed by atoms with Crippen molar-refractivity contribution in [2.75, 3.05) is 13.2 Å². The summed E-state index contributed by atoms with van der Waals surface area (Å²) in [4.78, 5) is 25.9. The molecule has 1 heterocycles. The second-order valence-corrected chi connectivity index (χ2v) is 6.70. The standard InChI is InChI=1S/C14H21NO3/c1-14(2)10-11(14)13(18)15(12(10)17)6-8-4-3-5-9(8)7-16/h8-11,16H,3-7H2,1-2H3. The topological polar surface area (TPSA) is 57.6 Å². The van der Waals surface area contributed by atoms with Crippen molar-refractivity contribution in [2.24, 2.45) is 29.1 Å². The molecule has 1 N–H and O–H groups in total. The van der Waals surface area contributed by atoms with E-state index in [0.29, 0.717) is 12.5 Å². The number of likely N-dealkylation sites (tertiary alicyclic amines) is 1. The van der Waals surface area contributed by atoms with E-state index in [-0.39, 0.29) is 41.6 Å². The predicted molar refractivity (Wildman–Crippen MR) is 65.4 cm³/mol. The van der Waals surface area contributed by atoms with Crippen LogP contribution in [0.4, 0.5) is 0 Å². The summed E-state index contributed by atoms with van der Waals surface area (Å²) in [7, 11) is 0. The first-order valence-corrected chi connectivity index (χ1v) is 6.94. The van der Waals surface area contributed by atoms with Crippen LogP contribution in [-0.2, 0) is 9.59 Å². The Morgan fingerprint density at radius 3 is 2.28 bits per heavy atom. The van der Waals surface area contributed by atoms with Crippen molar-refractivity contribution in [1.82, 2.24) is 4.90 Å². The predicted octanol–water partition coefficient (Wildman–Crippen LogP) is 1.04. The van der Waals surface area contributed by atoms with E-state index >= 15 is 0 Å². The van der Waals surface area contributed by atoms with Crippen LogP contribution in [0.2, 0.25) is 0 Å². The first-order valence-electron chi connectivity index (χ1n) is 6.94. The fourth-order valence-corrected chi connectivity index (χ4v) is 4.01. The van der Waals surface area contributed by atoms with Gasteiger partial charge in [-0.15, -0.1) is 0 Å². The number of aliphatic hydroxyl groups excluding tert-OH is 1. The highest BCUT2D eigenvalue weighted by Gasteiger charge is 2.72. The van der Waals surface area contributed by atoms with E-state index in [9.17, 15) is 14.7 Å². The third kappa shape index (κ3) is 1.48. The number of amides is 2. The van der Waals surface area contributed by atoms with Gasteiger partial charge in [0.2, 0.25) is 11.8 Å². The molecule has 2 aliphatic carbocycles. The molecule has 3 fully saturated rings. The molecular weight excluding hydrogens is 230 g/mol. The van der Waals surface area contributed by atoms with E-state index < -0.39 is 0 Å². The molecule has 4 nitrogen and oxygen atoms in total.